The fraction of sp³-hybridized carbons (Fsp3) is 0.222. The predicted molar refractivity (Wildman–Crippen MR) is 97.3 cm³/mol. The van der Waals surface area contributed by atoms with Crippen LogP contribution in [0.2, 0.25) is 0 Å². The van der Waals surface area contributed by atoms with Gasteiger partial charge in [0.15, 0.2) is 6.10 Å². The van der Waals surface area contributed by atoms with Gasteiger partial charge in [0, 0.05) is 10.6 Å². The molecule has 0 saturated carbocycles. The lowest BCUT2D eigenvalue weighted by atomic mass is 10.1. The number of para-hydroxylation sites is 1. The van der Waals surface area contributed by atoms with Crippen LogP contribution in [0.25, 0.3) is 0 Å². The number of hydrogen-bond donors (Lipinski definition) is 2. The second kappa shape index (κ2) is 7.88. The van der Waals surface area contributed by atoms with Crippen molar-refractivity contribution in [3.05, 3.63) is 53.6 Å². The van der Waals surface area contributed by atoms with Crippen LogP contribution in [-0.2, 0) is 9.53 Å². The van der Waals surface area contributed by atoms with Gasteiger partial charge in [-0.25, -0.2) is 4.79 Å². The largest absolute Gasteiger partial charge is 0.449 e. The maximum Gasteiger partial charge on any atom is 0.338 e. The van der Waals surface area contributed by atoms with Gasteiger partial charge >= 0.3 is 5.97 Å². The molecular weight excluding hydrogens is 324 g/mol. The molecule has 24 heavy (non-hydrogen) atoms. The average molecular weight is 344 g/mol. The van der Waals surface area contributed by atoms with Crippen molar-refractivity contribution in [1.82, 2.24) is 0 Å². The van der Waals surface area contributed by atoms with Gasteiger partial charge in [-0.3, -0.25) is 4.79 Å². The fourth-order valence-corrected chi connectivity index (χ4v) is 2.59. The number of carbonyl (C=O) groups excluding carboxylic acids is 2. The number of carbonyl (C=O) groups is 2. The summed E-state index contributed by atoms with van der Waals surface area (Å²) in [6.07, 6.45) is 1.01. The number of amides is 1. The van der Waals surface area contributed by atoms with E-state index in [0.29, 0.717) is 16.9 Å². The average Bonchev–Trinajstić information content (AvgIpc) is 2.57. The number of ether oxygens (including phenoxy) is 1. The Balaban J connectivity index is 2.03. The minimum Gasteiger partial charge on any atom is -0.449 e. The first-order chi connectivity index (χ1) is 11.4. The van der Waals surface area contributed by atoms with Gasteiger partial charge in [-0.1, -0.05) is 18.2 Å². The molecule has 0 spiro atoms. The van der Waals surface area contributed by atoms with Gasteiger partial charge in [0.2, 0.25) is 0 Å². The van der Waals surface area contributed by atoms with Crippen LogP contribution in [0.4, 0.5) is 11.4 Å². The molecule has 0 fully saturated rings. The lowest BCUT2D eigenvalue weighted by molar-refractivity contribution is -0.123. The van der Waals surface area contributed by atoms with Gasteiger partial charge in [0.25, 0.3) is 5.91 Å². The molecule has 2 rings (SSSR count). The molecule has 3 N–H and O–H groups in total. The van der Waals surface area contributed by atoms with Crippen LogP contribution >= 0.6 is 11.8 Å². The van der Waals surface area contributed by atoms with E-state index in [9.17, 15) is 9.59 Å². The van der Waals surface area contributed by atoms with E-state index in [-0.39, 0.29) is 5.91 Å². The van der Waals surface area contributed by atoms with Gasteiger partial charge in [0.1, 0.15) is 0 Å². The van der Waals surface area contributed by atoms with Crippen molar-refractivity contribution in [1.29, 1.82) is 0 Å². The monoisotopic (exact) mass is 344 g/mol. The smallest absolute Gasteiger partial charge is 0.338 e. The summed E-state index contributed by atoms with van der Waals surface area (Å²) in [5, 5.41) is 2.78. The number of anilines is 2. The summed E-state index contributed by atoms with van der Waals surface area (Å²) in [6.45, 7) is 3.39. The van der Waals surface area contributed by atoms with Crippen molar-refractivity contribution in [3.8, 4) is 0 Å². The molecule has 0 aliphatic heterocycles. The number of hydrogen-bond acceptors (Lipinski definition) is 5. The molecule has 0 aliphatic carbocycles. The van der Waals surface area contributed by atoms with Gasteiger partial charge < -0.3 is 15.8 Å². The Labute approximate surface area is 145 Å². The van der Waals surface area contributed by atoms with E-state index in [1.165, 1.54) is 18.7 Å². The van der Waals surface area contributed by atoms with E-state index >= 15 is 0 Å². The maximum absolute atomic E-state index is 12.2. The molecule has 2 aromatic carbocycles. The maximum atomic E-state index is 12.2. The van der Waals surface area contributed by atoms with E-state index in [0.717, 1.165) is 10.5 Å². The summed E-state index contributed by atoms with van der Waals surface area (Å²) in [5.41, 5.74) is 8.20. The molecule has 1 atom stereocenters. The molecule has 2 aromatic rings. The summed E-state index contributed by atoms with van der Waals surface area (Å²) < 4.78 is 5.23. The van der Waals surface area contributed by atoms with Crippen LogP contribution in [0.3, 0.4) is 0 Å². The molecule has 0 heterocycles. The molecule has 1 amide bonds. The first-order valence-electron chi connectivity index (χ1n) is 7.43. The summed E-state index contributed by atoms with van der Waals surface area (Å²) in [6, 6.07) is 12.4. The standard InChI is InChI=1S/C18H20N2O3S/c1-11-8-9-13(10-14(11)19)18(22)23-12(2)17(21)20-15-6-4-5-7-16(15)24-3/h4-10,12H,19H2,1-3H3,(H,20,21)/t12-/m1/s1. The zero-order chi connectivity index (χ0) is 17.7. The van der Waals surface area contributed by atoms with Crippen LogP contribution < -0.4 is 11.1 Å². The number of benzene rings is 2. The zero-order valence-corrected chi connectivity index (χ0v) is 14.6. The molecular formula is C18H20N2O3S. The first-order valence-corrected chi connectivity index (χ1v) is 8.66. The Morgan fingerprint density at radius 2 is 1.92 bits per heavy atom. The SMILES string of the molecule is CSc1ccccc1NC(=O)[C@@H](C)OC(=O)c1ccc(C)c(N)c1. The van der Waals surface area contributed by atoms with Crippen molar-refractivity contribution in [2.24, 2.45) is 0 Å². The van der Waals surface area contributed by atoms with Crippen LogP contribution in [0.5, 0.6) is 0 Å². The number of esters is 1. The van der Waals surface area contributed by atoms with Gasteiger partial charge in [-0.2, -0.15) is 0 Å². The molecule has 0 bridgehead atoms. The third kappa shape index (κ3) is 4.29. The summed E-state index contributed by atoms with van der Waals surface area (Å²) in [7, 11) is 0. The highest BCUT2D eigenvalue weighted by Crippen LogP contribution is 2.24. The second-order valence-electron chi connectivity index (χ2n) is 5.31. The van der Waals surface area contributed by atoms with Gasteiger partial charge in [-0.05, 0) is 49.9 Å². The van der Waals surface area contributed by atoms with E-state index in [4.69, 9.17) is 10.5 Å². The second-order valence-corrected chi connectivity index (χ2v) is 6.16. The molecule has 5 nitrogen and oxygen atoms in total. The Hall–Kier alpha value is -2.47. The molecule has 0 unspecified atom stereocenters. The van der Waals surface area contributed by atoms with Crippen LogP contribution in [0, 0.1) is 6.92 Å². The lowest BCUT2D eigenvalue weighted by Crippen LogP contribution is -2.30. The van der Waals surface area contributed by atoms with Crippen LogP contribution in [0.1, 0.15) is 22.8 Å². The molecule has 0 radical (unpaired) electrons. The quantitative estimate of drug-likeness (QED) is 0.493. The Bertz CT molecular complexity index is 762. The van der Waals surface area contributed by atoms with E-state index < -0.39 is 12.1 Å². The number of nitrogens with one attached hydrogen (secondary N) is 1. The number of nitrogens with two attached hydrogens (primary N) is 1. The highest BCUT2D eigenvalue weighted by atomic mass is 32.2. The molecule has 6 heteroatoms. The number of aryl methyl sites for hydroxylation is 1. The molecule has 0 aliphatic rings. The van der Waals surface area contributed by atoms with Crippen molar-refractivity contribution in [3.63, 3.8) is 0 Å². The normalized spacial score (nSPS) is 11.6. The highest BCUT2D eigenvalue weighted by molar-refractivity contribution is 7.98. The molecule has 0 saturated heterocycles. The first kappa shape index (κ1) is 17.9. The predicted octanol–water partition coefficient (Wildman–Crippen LogP) is 3.48. The number of thioether (sulfide) groups is 1. The Morgan fingerprint density at radius 3 is 2.58 bits per heavy atom. The summed E-state index contributed by atoms with van der Waals surface area (Å²) >= 11 is 1.53. The Morgan fingerprint density at radius 1 is 1.21 bits per heavy atom. The van der Waals surface area contributed by atoms with Crippen molar-refractivity contribution in [2.75, 3.05) is 17.3 Å². The van der Waals surface area contributed by atoms with E-state index in [1.54, 1.807) is 24.3 Å². The third-order valence-corrected chi connectivity index (χ3v) is 4.33. The Kier molecular flexibility index (Phi) is 5.87. The minimum atomic E-state index is -0.921. The molecule has 126 valence electrons. The topological polar surface area (TPSA) is 81.4 Å². The summed E-state index contributed by atoms with van der Waals surface area (Å²) in [4.78, 5) is 25.3. The van der Waals surface area contributed by atoms with Crippen LogP contribution in [0.15, 0.2) is 47.4 Å². The highest BCUT2D eigenvalue weighted by Gasteiger charge is 2.20. The fourth-order valence-electron chi connectivity index (χ4n) is 2.03. The van der Waals surface area contributed by atoms with Crippen molar-refractivity contribution in [2.45, 2.75) is 24.8 Å². The van der Waals surface area contributed by atoms with Gasteiger partial charge in [-0.15, -0.1) is 11.8 Å². The lowest BCUT2D eigenvalue weighted by Gasteiger charge is -2.15. The van der Waals surface area contributed by atoms with E-state index in [2.05, 4.69) is 5.32 Å². The van der Waals surface area contributed by atoms with Crippen LogP contribution in [-0.4, -0.2) is 24.2 Å². The summed E-state index contributed by atoms with van der Waals surface area (Å²) in [5.74, 6) is -0.965. The van der Waals surface area contributed by atoms with Crippen molar-refractivity contribution < 1.29 is 14.3 Å². The number of rotatable bonds is 5. The van der Waals surface area contributed by atoms with Crippen molar-refractivity contribution >= 4 is 35.0 Å². The molecule has 0 aromatic heterocycles. The third-order valence-electron chi connectivity index (χ3n) is 3.53. The number of nitrogen functional groups attached to an aromatic ring is 1. The minimum absolute atomic E-state index is 0.322. The van der Waals surface area contributed by atoms with E-state index in [1.807, 2.05) is 31.4 Å². The zero-order valence-electron chi connectivity index (χ0n) is 13.8. The van der Waals surface area contributed by atoms with Gasteiger partial charge in [0.05, 0.1) is 11.3 Å².